The topological polar surface area (TPSA) is 44.1 Å². The molecule has 0 aliphatic carbocycles. The predicted molar refractivity (Wildman–Crippen MR) is 78.1 cm³/mol. The molecule has 0 unspecified atom stereocenters. The normalized spacial score (nSPS) is 10.8. The zero-order chi connectivity index (χ0) is 14.8. The molecule has 0 radical (unpaired) electrons. The van der Waals surface area contributed by atoms with E-state index in [2.05, 4.69) is 5.10 Å². The number of hydrogen-bond acceptors (Lipinski definition) is 3. The molecular weight excluding hydrogens is 271 g/mol. The van der Waals surface area contributed by atoms with E-state index in [1.165, 1.54) is 23.9 Å². The summed E-state index contributed by atoms with van der Waals surface area (Å²) in [6.45, 7) is 0.213. The van der Waals surface area contributed by atoms with Crippen LogP contribution in [0.15, 0.2) is 53.5 Å². The summed E-state index contributed by atoms with van der Waals surface area (Å²) in [4.78, 5) is 12.3. The number of aromatic nitrogens is 2. The summed E-state index contributed by atoms with van der Waals surface area (Å²) < 4.78 is 19.9. The number of rotatable bonds is 3. The summed E-state index contributed by atoms with van der Waals surface area (Å²) in [7, 11) is 1.41. The van der Waals surface area contributed by atoms with Crippen LogP contribution < -0.4 is 10.3 Å². The second-order valence-corrected chi connectivity index (χ2v) is 4.66. The van der Waals surface area contributed by atoms with Crippen molar-refractivity contribution in [3.05, 3.63) is 70.4 Å². The monoisotopic (exact) mass is 284 g/mol. The fourth-order valence-electron chi connectivity index (χ4n) is 2.22. The number of hydrogen-bond donors (Lipinski definition) is 0. The molecule has 0 saturated heterocycles. The Bertz CT molecular complexity index is 858. The molecule has 0 saturated carbocycles. The minimum atomic E-state index is -0.455. The molecule has 1 heterocycles. The lowest BCUT2D eigenvalue weighted by Crippen LogP contribution is -2.23. The van der Waals surface area contributed by atoms with Gasteiger partial charge in [0, 0.05) is 5.39 Å². The zero-order valence-electron chi connectivity index (χ0n) is 11.4. The van der Waals surface area contributed by atoms with Crippen LogP contribution in [0.4, 0.5) is 4.39 Å². The van der Waals surface area contributed by atoms with Crippen molar-refractivity contribution in [2.45, 2.75) is 6.54 Å². The van der Waals surface area contributed by atoms with Gasteiger partial charge >= 0.3 is 0 Å². The molecule has 0 fully saturated rings. The zero-order valence-corrected chi connectivity index (χ0v) is 11.4. The van der Waals surface area contributed by atoms with Crippen molar-refractivity contribution in [3.8, 4) is 5.75 Å². The quantitative estimate of drug-likeness (QED) is 0.742. The number of ether oxygens (including phenoxy) is 1. The molecule has 2 aromatic carbocycles. The van der Waals surface area contributed by atoms with Crippen LogP contribution in [0.25, 0.3) is 10.8 Å². The van der Waals surface area contributed by atoms with Gasteiger partial charge in [-0.15, -0.1) is 0 Å². The molecular formula is C16H13FN2O2. The Balaban J connectivity index is 2.00. The van der Waals surface area contributed by atoms with E-state index in [0.717, 1.165) is 5.39 Å². The van der Waals surface area contributed by atoms with Gasteiger partial charge in [-0.25, -0.2) is 9.07 Å². The van der Waals surface area contributed by atoms with Crippen LogP contribution in [-0.2, 0) is 6.54 Å². The Morgan fingerprint density at radius 3 is 2.81 bits per heavy atom. The molecule has 0 aliphatic heterocycles. The van der Waals surface area contributed by atoms with Crippen LogP contribution in [0.5, 0.6) is 5.75 Å². The third-order valence-corrected chi connectivity index (χ3v) is 3.31. The Labute approximate surface area is 120 Å². The highest BCUT2D eigenvalue weighted by atomic mass is 19.1. The first kappa shape index (κ1) is 13.3. The summed E-state index contributed by atoms with van der Waals surface area (Å²) in [5, 5.41) is 5.51. The van der Waals surface area contributed by atoms with E-state index in [4.69, 9.17) is 4.74 Å². The van der Waals surface area contributed by atoms with E-state index in [1.807, 2.05) is 12.1 Å². The number of fused-ring (bicyclic) bond motifs is 1. The molecule has 4 nitrogen and oxygen atoms in total. The van der Waals surface area contributed by atoms with Crippen LogP contribution in [0.2, 0.25) is 0 Å². The highest BCUT2D eigenvalue weighted by Gasteiger charge is 2.07. The molecule has 0 aliphatic rings. The van der Waals surface area contributed by atoms with E-state index in [0.29, 0.717) is 10.9 Å². The second-order valence-electron chi connectivity index (χ2n) is 4.66. The largest absolute Gasteiger partial charge is 0.494 e. The molecule has 1 aromatic heterocycles. The molecule has 0 atom stereocenters. The maximum absolute atomic E-state index is 13.7. The summed E-state index contributed by atoms with van der Waals surface area (Å²) in [5.74, 6) is -0.276. The van der Waals surface area contributed by atoms with Gasteiger partial charge in [-0.1, -0.05) is 24.3 Å². The molecule has 106 valence electrons. The van der Waals surface area contributed by atoms with E-state index in [9.17, 15) is 9.18 Å². The Hall–Kier alpha value is -2.69. The van der Waals surface area contributed by atoms with Gasteiger partial charge in [-0.2, -0.15) is 5.10 Å². The van der Waals surface area contributed by atoms with Crippen molar-refractivity contribution >= 4 is 10.8 Å². The minimum Gasteiger partial charge on any atom is -0.494 e. The van der Waals surface area contributed by atoms with Gasteiger partial charge in [-0.05, 0) is 23.8 Å². The van der Waals surface area contributed by atoms with Crippen LogP contribution in [0, 0.1) is 5.82 Å². The second kappa shape index (κ2) is 5.36. The summed E-state index contributed by atoms with van der Waals surface area (Å²) in [6, 6.07) is 11.9. The Morgan fingerprint density at radius 2 is 2.05 bits per heavy atom. The highest BCUT2D eigenvalue weighted by Crippen LogP contribution is 2.18. The van der Waals surface area contributed by atoms with Crippen molar-refractivity contribution in [3.63, 3.8) is 0 Å². The van der Waals surface area contributed by atoms with Crippen molar-refractivity contribution in [1.82, 2.24) is 9.78 Å². The van der Waals surface area contributed by atoms with Crippen molar-refractivity contribution < 1.29 is 9.13 Å². The molecule has 0 N–H and O–H groups in total. The lowest BCUT2D eigenvalue weighted by atomic mass is 10.2. The van der Waals surface area contributed by atoms with Gasteiger partial charge in [0.25, 0.3) is 5.56 Å². The predicted octanol–water partition coefficient (Wildman–Crippen LogP) is 2.59. The van der Waals surface area contributed by atoms with Gasteiger partial charge in [0.2, 0.25) is 0 Å². The van der Waals surface area contributed by atoms with Crippen molar-refractivity contribution in [1.29, 1.82) is 0 Å². The lowest BCUT2D eigenvalue weighted by Gasteiger charge is -2.08. The van der Waals surface area contributed by atoms with Gasteiger partial charge in [-0.3, -0.25) is 4.79 Å². The average molecular weight is 284 g/mol. The first-order chi connectivity index (χ1) is 10.2. The van der Waals surface area contributed by atoms with Gasteiger partial charge in [0.05, 0.1) is 25.2 Å². The molecule has 3 rings (SSSR count). The van der Waals surface area contributed by atoms with E-state index < -0.39 is 5.82 Å². The van der Waals surface area contributed by atoms with E-state index in [1.54, 1.807) is 24.4 Å². The molecule has 0 spiro atoms. The first-order valence-electron chi connectivity index (χ1n) is 6.46. The fraction of sp³-hybridized carbons (Fsp3) is 0.125. The maximum atomic E-state index is 13.7. The number of methoxy groups -OCH3 is 1. The molecule has 3 aromatic rings. The molecule has 0 bridgehead atoms. The number of nitrogens with zero attached hydrogens (tertiary/aromatic N) is 2. The van der Waals surface area contributed by atoms with E-state index in [-0.39, 0.29) is 17.9 Å². The SMILES string of the molecule is COc1ccc(Cn2ncc3ccccc3c2=O)cc1F. The molecule has 0 amide bonds. The standard InChI is InChI=1S/C16H13FN2O2/c1-21-15-7-6-11(8-14(15)17)10-19-16(20)13-5-3-2-4-12(13)9-18-19/h2-9H,10H2,1H3. The summed E-state index contributed by atoms with van der Waals surface area (Å²) in [5.41, 5.74) is 0.461. The number of benzene rings is 2. The van der Waals surface area contributed by atoms with Gasteiger partial charge < -0.3 is 4.74 Å². The van der Waals surface area contributed by atoms with Crippen LogP contribution in [0.1, 0.15) is 5.56 Å². The first-order valence-corrected chi connectivity index (χ1v) is 6.46. The number of halogens is 1. The van der Waals surface area contributed by atoms with Gasteiger partial charge in [0.1, 0.15) is 0 Å². The highest BCUT2D eigenvalue weighted by molar-refractivity contribution is 5.80. The van der Waals surface area contributed by atoms with Crippen LogP contribution in [0.3, 0.4) is 0 Å². The minimum absolute atomic E-state index is 0.178. The third kappa shape index (κ3) is 2.50. The lowest BCUT2D eigenvalue weighted by molar-refractivity contribution is 0.386. The molecule has 5 heteroatoms. The van der Waals surface area contributed by atoms with E-state index >= 15 is 0 Å². The Kier molecular flexibility index (Phi) is 3.39. The van der Waals surface area contributed by atoms with Crippen molar-refractivity contribution in [2.24, 2.45) is 0 Å². The maximum Gasteiger partial charge on any atom is 0.274 e. The van der Waals surface area contributed by atoms with Gasteiger partial charge in [0.15, 0.2) is 11.6 Å². The van der Waals surface area contributed by atoms with Crippen LogP contribution >= 0.6 is 0 Å². The fourth-order valence-corrected chi connectivity index (χ4v) is 2.22. The summed E-state index contributed by atoms with van der Waals surface area (Å²) in [6.07, 6.45) is 1.64. The smallest absolute Gasteiger partial charge is 0.274 e. The average Bonchev–Trinajstić information content (AvgIpc) is 2.51. The summed E-state index contributed by atoms with van der Waals surface area (Å²) >= 11 is 0. The van der Waals surface area contributed by atoms with Crippen LogP contribution in [-0.4, -0.2) is 16.9 Å². The molecule has 21 heavy (non-hydrogen) atoms. The van der Waals surface area contributed by atoms with Crippen molar-refractivity contribution in [2.75, 3.05) is 7.11 Å². The Morgan fingerprint density at radius 1 is 1.24 bits per heavy atom. The third-order valence-electron chi connectivity index (χ3n) is 3.31.